The van der Waals surface area contributed by atoms with Crippen molar-refractivity contribution in [3.8, 4) is 0 Å². The Hall–Kier alpha value is -1.56. The van der Waals surface area contributed by atoms with Gasteiger partial charge in [-0.3, -0.25) is 4.79 Å². The quantitative estimate of drug-likeness (QED) is 0.922. The maximum Gasteiger partial charge on any atom is 0.317 e. The lowest BCUT2D eigenvalue weighted by molar-refractivity contribution is -0.134. The standard InChI is InChI=1S/C15H23N3O2S/c1-17(2)14(19)12-5-3-9-18(11-12)15(20)16-8-7-13-6-4-10-21-13/h4,6,10,12H,3,5,7-9,11H2,1-2H3,(H,16,20)/t12-/m0/s1. The van der Waals surface area contributed by atoms with E-state index in [1.807, 2.05) is 11.4 Å². The van der Waals surface area contributed by atoms with Gasteiger partial charge in [-0.1, -0.05) is 6.07 Å². The van der Waals surface area contributed by atoms with Gasteiger partial charge in [0.05, 0.1) is 5.92 Å². The molecule has 1 aromatic rings. The van der Waals surface area contributed by atoms with Crippen molar-refractivity contribution in [3.63, 3.8) is 0 Å². The van der Waals surface area contributed by atoms with Crippen LogP contribution in [0.5, 0.6) is 0 Å². The summed E-state index contributed by atoms with van der Waals surface area (Å²) in [4.78, 5) is 28.8. The first-order valence-electron chi connectivity index (χ1n) is 7.34. The van der Waals surface area contributed by atoms with Crippen molar-refractivity contribution < 1.29 is 9.59 Å². The van der Waals surface area contributed by atoms with E-state index in [4.69, 9.17) is 0 Å². The van der Waals surface area contributed by atoms with E-state index in [0.717, 1.165) is 25.8 Å². The number of urea groups is 1. The Bertz CT molecular complexity index is 473. The summed E-state index contributed by atoms with van der Waals surface area (Å²) >= 11 is 1.70. The van der Waals surface area contributed by atoms with Crippen LogP contribution in [-0.2, 0) is 11.2 Å². The zero-order chi connectivity index (χ0) is 15.2. The number of carbonyl (C=O) groups excluding carboxylic acids is 2. The molecule has 6 heteroatoms. The van der Waals surface area contributed by atoms with Crippen molar-refractivity contribution in [2.75, 3.05) is 33.7 Å². The Labute approximate surface area is 129 Å². The average molecular weight is 309 g/mol. The lowest BCUT2D eigenvalue weighted by Gasteiger charge is -2.33. The predicted molar refractivity (Wildman–Crippen MR) is 84.4 cm³/mol. The summed E-state index contributed by atoms with van der Waals surface area (Å²) in [5.41, 5.74) is 0. The molecule has 0 unspecified atom stereocenters. The topological polar surface area (TPSA) is 52.7 Å². The molecule has 0 aliphatic carbocycles. The van der Waals surface area contributed by atoms with E-state index in [9.17, 15) is 9.59 Å². The lowest BCUT2D eigenvalue weighted by atomic mass is 9.97. The number of hydrogen-bond donors (Lipinski definition) is 1. The Kier molecular flexibility index (Phi) is 5.61. The van der Waals surface area contributed by atoms with Crippen LogP contribution in [0.25, 0.3) is 0 Å². The molecule has 1 atom stereocenters. The molecule has 0 spiro atoms. The van der Waals surface area contributed by atoms with Gasteiger partial charge in [0.2, 0.25) is 5.91 Å². The number of thiophene rings is 1. The highest BCUT2D eigenvalue weighted by atomic mass is 32.1. The Morgan fingerprint density at radius 2 is 2.29 bits per heavy atom. The molecule has 1 fully saturated rings. The lowest BCUT2D eigenvalue weighted by Crippen LogP contribution is -2.49. The van der Waals surface area contributed by atoms with E-state index in [-0.39, 0.29) is 17.9 Å². The van der Waals surface area contributed by atoms with Crippen molar-refractivity contribution in [2.24, 2.45) is 5.92 Å². The first-order chi connectivity index (χ1) is 10.1. The predicted octanol–water partition coefficient (Wildman–Crippen LogP) is 1.80. The summed E-state index contributed by atoms with van der Waals surface area (Å²) < 4.78 is 0. The van der Waals surface area contributed by atoms with Crippen LogP contribution in [0.3, 0.4) is 0 Å². The molecular formula is C15H23N3O2S. The van der Waals surface area contributed by atoms with Crippen molar-refractivity contribution in [1.82, 2.24) is 15.1 Å². The smallest absolute Gasteiger partial charge is 0.317 e. The Balaban J connectivity index is 1.77. The van der Waals surface area contributed by atoms with Crippen LogP contribution < -0.4 is 5.32 Å². The van der Waals surface area contributed by atoms with Gasteiger partial charge in [-0.15, -0.1) is 11.3 Å². The van der Waals surface area contributed by atoms with Crippen molar-refractivity contribution in [1.29, 1.82) is 0 Å². The highest BCUT2D eigenvalue weighted by molar-refractivity contribution is 7.09. The van der Waals surface area contributed by atoms with Gasteiger partial charge in [-0.05, 0) is 30.7 Å². The molecule has 2 rings (SSSR count). The van der Waals surface area contributed by atoms with Gasteiger partial charge >= 0.3 is 6.03 Å². The van der Waals surface area contributed by atoms with Crippen LogP contribution in [0.4, 0.5) is 4.79 Å². The fraction of sp³-hybridized carbons (Fsp3) is 0.600. The van der Waals surface area contributed by atoms with Gasteiger partial charge in [-0.25, -0.2) is 4.79 Å². The maximum absolute atomic E-state index is 12.2. The van der Waals surface area contributed by atoms with Crippen LogP contribution in [0.15, 0.2) is 17.5 Å². The number of likely N-dealkylation sites (tertiary alicyclic amines) is 1. The van der Waals surface area contributed by atoms with Crippen molar-refractivity contribution in [2.45, 2.75) is 19.3 Å². The zero-order valence-corrected chi connectivity index (χ0v) is 13.5. The highest BCUT2D eigenvalue weighted by Crippen LogP contribution is 2.18. The second kappa shape index (κ2) is 7.45. The number of nitrogens with zero attached hydrogens (tertiary/aromatic N) is 2. The molecule has 116 valence electrons. The zero-order valence-electron chi connectivity index (χ0n) is 12.7. The van der Waals surface area contributed by atoms with Crippen LogP contribution in [0.1, 0.15) is 17.7 Å². The number of hydrogen-bond acceptors (Lipinski definition) is 3. The number of carbonyl (C=O) groups is 2. The molecular weight excluding hydrogens is 286 g/mol. The van der Waals surface area contributed by atoms with Gasteiger partial charge in [0.25, 0.3) is 0 Å². The van der Waals surface area contributed by atoms with E-state index in [1.54, 1.807) is 35.2 Å². The SMILES string of the molecule is CN(C)C(=O)[C@H]1CCCN(C(=O)NCCc2cccs2)C1. The Morgan fingerprint density at radius 1 is 1.48 bits per heavy atom. The minimum absolute atomic E-state index is 0.0530. The van der Waals surface area contributed by atoms with E-state index >= 15 is 0 Å². The van der Waals surface area contributed by atoms with E-state index in [1.165, 1.54) is 4.88 Å². The second-order valence-corrected chi connectivity index (χ2v) is 6.61. The number of amides is 3. The molecule has 0 radical (unpaired) electrons. The molecule has 1 aliphatic rings. The molecule has 1 aromatic heterocycles. The van der Waals surface area contributed by atoms with Gasteiger partial charge < -0.3 is 15.1 Å². The Morgan fingerprint density at radius 3 is 2.95 bits per heavy atom. The molecule has 3 amide bonds. The highest BCUT2D eigenvalue weighted by Gasteiger charge is 2.29. The van der Waals surface area contributed by atoms with Crippen molar-refractivity contribution in [3.05, 3.63) is 22.4 Å². The summed E-state index contributed by atoms with van der Waals surface area (Å²) in [5.74, 6) is 0.0582. The normalized spacial score (nSPS) is 18.4. The second-order valence-electron chi connectivity index (χ2n) is 5.58. The third-order valence-corrected chi connectivity index (χ3v) is 4.66. The maximum atomic E-state index is 12.2. The minimum Gasteiger partial charge on any atom is -0.349 e. The molecule has 0 aromatic carbocycles. The molecule has 1 saturated heterocycles. The summed E-state index contributed by atoms with van der Waals surface area (Å²) in [5, 5.41) is 4.99. The molecule has 0 saturated carbocycles. The van der Waals surface area contributed by atoms with Gasteiger partial charge in [0.15, 0.2) is 0 Å². The fourth-order valence-electron chi connectivity index (χ4n) is 2.59. The number of rotatable bonds is 4. The summed E-state index contributed by atoms with van der Waals surface area (Å²) in [6.07, 6.45) is 2.62. The van der Waals surface area contributed by atoms with Crippen LogP contribution in [0, 0.1) is 5.92 Å². The van der Waals surface area contributed by atoms with Crippen LogP contribution in [-0.4, -0.2) is 55.5 Å². The molecule has 5 nitrogen and oxygen atoms in total. The molecule has 2 heterocycles. The van der Waals surface area contributed by atoms with E-state index < -0.39 is 0 Å². The average Bonchev–Trinajstić information content (AvgIpc) is 2.99. The van der Waals surface area contributed by atoms with Gasteiger partial charge in [0.1, 0.15) is 0 Å². The monoisotopic (exact) mass is 309 g/mol. The first-order valence-corrected chi connectivity index (χ1v) is 8.22. The number of piperidine rings is 1. The van der Waals surface area contributed by atoms with Crippen LogP contribution >= 0.6 is 11.3 Å². The van der Waals surface area contributed by atoms with Crippen molar-refractivity contribution >= 4 is 23.3 Å². The third-order valence-electron chi connectivity index (χ3n) is 3.73. The summed E-state index contributed by atoms with van der Waals surface area (Å²) in [6, 6.07) is 4.04. The minimum atomic E-state index is -0.0585. The first kappa shape index (κ1) is 15.8. The third kappa shape index (κ3) is 4.46. The molecule has 21 heavy (non-hydrogen) atoms. The van der Waals surface area contributed by atoms with E-state index in [2.05, 4.69) is 11.4 Å². The summed E-state index contributed by atoms with van der Waals surface area (Å²) in [7, 11) is 3.53. The van der Waals surface area contributed by atoms with Crippen LogP contribution in [0.2, 0.25) is 0 Å². The van der Waals surface area contributed by atoms with E-state index in [0.29, 0.717) is 13.1 Å². The molecule has 1 aliphatic heterocycles. The molecule has 0 bridgehead atoms. The summed E-state index contributed by atoms with van der Waals surface area (Å²) in [6.45, 7) is 1.91. The fourth-order valence-corrected chi connectivity index (χ4v) is 3.30. The van der Waals surface area contributed by atoms with Gasteiger partial charge in [0, 0.05) is 38.6 Å². The molecule has 1 N–H and O–H groups in total. The van der Waals surface area contributed by atoms with Gasteiger partial charge in [-0.2, -0.15) is 0 Å². The largest absolute Gasteiger partial charge is 0.349 e. The number of nitrogens with one attached hydrogen (secondary N) is 1.